The van der Waals surface area contributed by atoms with Crippen molar-refractivity contribution in [3.05, 3.63) is 101 Å². The lowest BCUT2D eigenvalue weighted by Gasteiger charge is -2.25. The minimum Gasteiger partial charge on any atom is -0.493 e. The van der Waals surface area contributed by atoms with Gasteiger partial charge in [-0.25, -0.2) is 9.79 Å². The van der Waals surface area contributed by atoms with Gasteiger partial charge < -0.3 is 18.6 Å². The van der Waals surface area contributed by atoms with Crippen LogP contribution in [0.15, 0.2) is 74.0 Å². The van der Waals surface area contributed by atoms with Crippen LogP contribution in [0.5, 0.6) is 11.5 Å². The van der Waals surface area contributed by atoms with Crippen molar-refractivity contribution in [2.75, 3.05) is 20.8 Å². The van der Waals surface area contributed by atoms with Gasteiger partial charge >= 0.3 is 5.97 Å². The molecule has 3 heterocycles. The Labute approximate surface area is 243 Å². The number of carbonyl (C=O) groups is 1. The van der Waals surface area contributed by atoms with E-state index in [2.05, 4.69) is 4.99 Å². The summed E-state index contributed by atoms with van der Waals surface area (Å²) in [6.07, 6.45) is 1.64. The normalized spacial score (nSPS) is 15.1. The zero-order valence-corrected chi connectivity index (χ0v) is 24.3. The quantitative estimate of drug-likeness (QED) is 0.265. The molecule has 0 unspecified atom stereocenters. The number of allylic oxidation sites excluding steroid dienone is 1. The summed E-state index contributed by atoms with van der Waals surface area (Å²) in [6.45, 7) is 3.63. The molecule has 0 spiro atoms. The van der Waals surface area contributed by atoms with Crippen LogP contribution in [-0.2, 0) is 9.53 Å². The Kier molecular flexibility index (Phi) is 7.89. The highest BCUT2D eigenvalue weighted by Gasteiger charge is 2.34. The van der Waals surface area contributed by atoms with Crippen LogP contribution in [0.1, 0.15) is 31.2 Å². The third kappa shape index (κ3) is 5.08. The number of esters is 1. The van der Waals surface area contributed by atoms with E-state index in [1.54, 1.807) is 68.5 Å². The van der Waals surface area contributed by atoms with E-state index in [9.17, 15) is 9.59 Å². The van der Waals surface area contributed by atoms with Gasteiger partial charge in [-0.1, -0.05) is 40.6 Å². The van der Waals surface area contributed by atoms with E-state index in [-0.39, 0.29) is 17.7 Å². The molecule has 8 nitrogen and oxygen atoms in total. The van der Waals surface area contributed by atoms with Crippen molar-refractivity contribution in [1.29, 1.82) is 0 Å². The molecule has 0 fully saturated rings. The van der Waals surface area contributed by atoms with Crippen molar-refractivity contribution >= 4 is 46.6 Å². The van der Waals surface area contributed by atoms with Crippen LogP contribution in [0.3, 0.4) is 0 Å². The van der Waals surface area contributed by atoms with Crippen molar-refractivity contribution in [2.24, 2.45) is 4.99 Å². The van der Waals surface area contributed by atoms with Gasteiger partial charge in [-0.05, 0) is 61.9 Å². The number of rotatable bonds is 7. The summed E-state index contributed by atoms with van der Waals surface area (Å²) >= 11 is 13.7. The van der Waals surface area contributed by atoms with Gasteiger partial charge in [0, 0.05) is 16.7 Å². The van der Waals surface area contributed by atoms with E-state index in [0.717, 1.165) is 0 Å². The van der Waals surface area contributed by atoms with Crippen LogP contribution in [0.2, 0.25) is 10.0 Å². The number of aromatic nitrogens is 1. The van der Waals surface area contributed by atoms with Crippen LogP contribution in [0.25, 0.3) is 17.4 Å². The van der Waals surface area contributed by atoms with Crippen molar-refractivity contribution < 1.29 is 23.4 Å². The van der Waals surface area contributed by atoms with Gasteiger partial charge in [0.1, 0.15) is 11.5 Å². The number of benzene rings is 2. The Morgan fingerprint density at radius 2 is 1.88 bits per heavy atom. The maximum atomic E-state index is 13.9. The molecule has 1 atom stereocenters. The van der Waals surface area contributed by atoms with Crippen molar-refractivity contribution in [1.82, 2.24) is 4.57 Å². The molecule has 0 saturated carbocycles. The summed E-state index contributed by atoms with van der Waals surface area (Å²) in [6, 6.07) is 13.1. The molecule has 1 aliphatic heterocycles. The van der Waals surface area contributed by atoms with Gasteiger partial charge in [0.25, 0.3) is 5.56 Å². The smallest absolute Gasteiger partial charge is 0.338 e. The highest BCUT2D eigenvalue weighted by Crippen LogP contribution is 2.36. The number of halogens is 2. The number of methoxy groups -OCH3 is 2. The molecule has 5 rings (SSSR count). The number of hydrogen-bond acceptors (Lipinski definition) is 8. The Hall–Kier alpha value is -3.79. The van der Waals surface area contributed by atoms with Gasteiger partial charge in [0.05, 0.1) is 47.7 Å². The maximum Gasteiger partial charge on any atom is 0.338 e. The second-order valence-electron chi connectivity index (χ2n) is 8.74. The van der Waals surface area contributed by atoms with Crippen LogP contribution in [0.4, 0.5) is 0 Å². The van der Waals surface area contributed by atoms with Gasteiger partial charge in [-0.15, -0.1) is 0 Å². The fourth-order valence-corrected chi connectivity index (χ4v) is 5.93. The number of thiazole rings is 1. The van der Waals surface area contributed by atoms with E-state index in [1.165, 1.54) is 30.1 Å². The average molecular weight is 599 g/mol. The van der Waals surface area contributed by atoms with Gasteiger partial charge in [0.15, 0.2) is 16.3 Å². The first kappa shape index (κ1) is 27.8. The molecular formula is C29H24Cl2N2O6S. The van der Waals surface area contributed by atoms with E-state index in [4.69, 9.17) is 41.8 Å². The standard InChI is InChI=1S/C29H24Cl2N2O6S/c1-5-38-28(35)25-15(2)32-29-33(26(25)16-6-10-22(36-3)23(12-16)37-4)27(34)24(40-29)14-18-8-11-21(39-18)19-13-17(30)7-9-20(19)31/h6-14,26H,5H2,1-4H3/b24-14-/t26-/m1/s1. The Bertz CT molecular complexity index is 1840. The third-order valence-corrected chi connectivity index (χ3v) is 7.88. The molecule has 0 saturated heterocycles. The highest BCUT2D eigenvalue weighted by atomic mass is 35.5. The van der Waals surface area contributed by atoms with Crippen LogP contribution in [-0.4, -0.2) is 31.4 Å². The number of ether oxygens (including phenoxy) is 3. The minimum absolute atomic E-state index is 0.177. The van der Waals surface area contributed by atoms with Gasteiger partial charge in [-0.2, -0.15) is 0 Å². The summed E-state index contributed by atoms with van der Waals surface area (Å²) in [5, 5.41) is 1.01. The third-order valence-electron chi connectivity index (χ3n) is 6.33. The Morgan fingerprint density at radius 3 is 2.60 bits per heavy atom. The summed E-state index contributed by atoms with van der Waals surface area (Å²) < 4.78 is 24.1. The number of hydrogen-bond donors (Lipinski definition) is 0. The van der Waals surface area contributed by atoms with E-state index < -0.39 is 12.0 Å². The Morgan fingerprint density at radius 1 is 1.10 bits per heavy atom. The average Bonchev–Trinajstić information content (AvgIpc) is 3.53. The van der Waals surface area contributed by atoms with E-state index in [0.29, 0.717) is 59.2 Å². The molecule has 11 heteroatoms. The monoisotopic (exact) mass is 598 g/mol. The van der Waals surface area contributed by atoms with E-state index >= 15 is 0 Å². The van der Waals surface area contributed by atoms with Gasteiger partial charge in [0.2, 0.25) is 0 Å². The molecule has 2 aromatic heterocycles. The molecule has 206 valence electrons. The predicted molar refractivity (Wildman–Crippen MR) is 154 cm³/mol. The molecule has 0 radical (unpaired) electrons. The first-order chi connectivity index (χ1) is 19.2. The van der Waals surface area contributed by atoms with Crippen molar-refractivity contribution in [2.45, 2.75) is 19.9 Å². The molecule has 4 aromatic rings. The number of nitrogens with zero attached hydrogens (tertiary/aromatic N) is 2. The highest BCUT2D eigenvalue weighted by molar-refractivity contribution is 7.07. The van der Waals surface area contributed by atoms with E-state index in [1.807, 2.05) is 0 Å². The zero-order valence-electron chi connectivity index (χ0n) is 22.0. The molecule has 40 heavy (non-hydrogen) atoms. The molecule has 0 bridgehead atoms. The predicted octanol–water partition coefficient (Wildman–Crippen LogP) is 5.38. The zero-order chi connectivity index (χ0) is 28.6. The van der Waals surface area contributed by atoms with Crippen molar-refractivity contribution in [3.63, 3.8) is 0 Å². The molecule has 2 aromatic carbocycles. The van der Waals surface area contributed by atoms with Crippen molar-refractivity contribution in [3.8, 4) is 22.8 Å². The fourth-order valence-electron chi connectivity index (χ4n) is 4.52. The number of carbonyl (C=O) groups excluding carboxylic acids is 1. The first-order valence-corrected chi connectivity index (χ1v) is 13.8. The number of furan rings is 1. The second-order valence-corrected chi connectivity index (χ2v) is 10.6. The maximum absolute atomic E-state index is 13.9. The van der Waals surface area contributed by atoms with Gasteiger partial charge in [-0.3, -0.25) is 9.36 Å². The molecule has 0 aliphatic carbocycles. The molecule has 1 aliphatic rings. The lowest BCUT2D eigenvalue weighted by Crippen LogP contribution is -2.39. The molecule has 0 N–H and O–H groups in total. The van der Waals surface area contributed by atoms with Crippen LogP contribution in [0, 0.1) is 0 Å². The Balaban J connectivity index is 1.66. The summed E-state index contributed by atoms with van der Waals surface area (Å²) in [5.41, 5.74) is 1.67. The summed E-state index contributed by atoms with van der Waals surface area (Å²) in [5.74, 6) is 1.38. The SMILES string of the molecule is CCOC(=O)C1=C(C)N=c2s/c(=C\c3ccc(-c4cc(Cl)ccc4Cl)o3)c(=O)n2[C@@H]1c1ccc(OC)c(OC)c1. The molecule has 0 amide bonds. The first-order valence-electron chi connectivity index (χ1n) is 12.2. The van der Waals surface area contributed by atoms with Crippen LogP contribution < -0.4 is 24.4 Å². The fraction of sp³-hybridized carbons (Fsp3) is 0.207. The lowest BCUT2D eigenvalue weighted by atomic mass is 9.95. The largest absolute Gasteiger partial charge is 0.493 e. The topological polar surface area (TPSA) is 92.3 Å². The number of fused-ring (bicyclic) bond motifs is 1. The lowest BCUT2D eigenvalue weighted by molar-refractivity contribution is -0.139. The minimum atomic E-state index is -0.797. The van der Waals surface area contributed by atoms with Crippen LogP contribution >= 0.6 is 34.5 Å². The summed E-state index contributed by atoms with van der Waals surface area (Å²) in [7, 11) is 3.06. The second kappa shape index (κ2) is 11.4. The molecular weight excluding hydrogens is 575 g/mol. The summed E-state index contributed by atoms with van der Waals surface area (Å²) in [4.78, 5) is 32.0.